The van der Waals surface area contributed by atoms with Crippen LogP contribution in [0.1, 0.15) is 61.4 Å². The smallest absolute Gasteiger partial charge is 0.267 e. The van der Waals surface area contributed by atoms with E-state index in [1.807, 2.05) is 12.1 Å². The van der Waals surface area contributed by atoms with Crippen molar-refractivity contribution in [1.29, 1.82) is 0 Å². The van der Waals surface area contributed by atoms with E-state index in [-0.39, 0.29) is 11.6 Å². The Balaban J connectivity index is 1.17. The maximum absolute atomic E-state index is 12.6. The Morgan fingerprint density at radius 2 is 1.79 bits per heavy atom. The minimum Gasteiger partial charge on any atom is -0.486 e. The molecule has 2 aliphatic carbocycles. The van der Waals surface area contributed by atoms with Crippen molar-refractivity contribution < 1.29 is 9.47 Å². The Bertz CT molecular complexity index is 931. The van der Waals surface area contributed by atoms with E-state index in [9.17, 15) is 4.79 Å². The summed E-state index contributed by atoms with van der Waals surface area (Å²) in [7, 11) is 0. The number of hydrogen-bond acceptors (Lipinski definition) is 5. The highest BCUT2D eigenvalue weighted by molar-refractivity contribution is 5.43. The molecule has 154 valence electrons. The van der Waals surface area contributed by atoms with E-state index in [0.717, 1.165) is 62.3 Å². The predicted octanol–water partition coefficient (Wildman–Crippen LogP) is 3.17. The SMILES string of the molecule is O=c1cc2c(nn1C1CCC(NCc3ccc4c(c3)OCCO4)CC1)CCCC2. The molecule has 0 bridgehead atoms. The molecule has 1 aromatic heterocycles. The number of aromatic nitrogens is 2. The fourth-order valence-electron chi connectivity index (χ4n) is 4.82. The van der Waals surface area contributed by atoms with Crippen LogP contribution < -0.4 is 20.3 Å². The van der Waals surface area contributed by atoms with Crippen LogP contribution in [0.5, 0.6) is 11.5 Å². The Kier molecular flexibility index (Phi) is 5.27. The van der Waals surface area contributed by atoms with Gasteiger partial charge in [0.2, 0.25) is 0 Å². The summed E-state index contributed by atoms with van der Waals surface area (Å²) in [6.07, 6.45) is 8.54. The third-order valence-corrected chi connectivity index (χ3v) is 6.48. The summed E-state index contributed by atoms with van der Waals surface area (Å²) in [6, 6.07) is 8.73. The van der Waals surface area contributed by atoms with Gasteiger partial charge < -0.3 is 14.8 Å². The molecule has 29 heavy (non-hydrogen) atoms. The molecule has 6 nitrogen and oxygen atoms in total. The van der Waals surface area contributed by atoms with E-state index < -0.39 is 0 Å². The van der Waals surface area contributed by atoms with Gasteiger partial charge in [-0.05, 0) is 74.6 Å². The summed E-state index contributed by atoms with van der Waals surface area (Å²) in [5.74, 6) is 1.68. The second kappa shape index (κ2) is 8.19. The van der Waals surface area contributed by atoms with E-state index in [1.165, 1.54) is 24.0 Å². The lowest BCUT2D eigenvalue weighted by Gasteiger charge is -2.30. The molecule has 0 radical (unpaired) electrons. The molecule has 6 heteroatoms. The second-order valence-corrected chi connectivity index (χ2v) is 8.47. The van der Waals surface area contributed by atoms with Crippen molar-refractivity contribution in [1.82, 2.24) is 15.1 Å². The number of fused-ring (bicyclic) bond motifs is 2. The number of aryl methyl sites for hydroxylation is 2. The highest BCUT2D eigenvalue weighted by atomic mass is 16.6. The molecule has 1 aromatic carbocycles. The van der Waals surface area contributed by atoms with E-state index in [2.05, 4.69) is 17.4 Å². The molecule has 0 atom stereocenters. The Morgan fingerprint density at radius 1 is 1.00 bits per heavy atom. The maximum Gasteiger partial charge on any atom is 0.267 e. The van der Waals surface area contributed by atoms with Gasteiger partial charge in [-0.2, -0.15) is 5.10 Å². The van der Waals surface area contributed by atoms with Crippen LogP contribution in [0.4, 0.5) is 0 Å². The van der Waals surface area contributed by atoms with Crippen LogP contribution >= 0.6 is 0 Å². The standard InChI is InChI=1S/C23H29N3O3/c27-23-14-17-3-1-2-4-20(17)25-26(23)19-8-6-18(7-9-19)24-15-16-5-10-21-22(13-16)29-12-11-28-21/h5,10,13-14,18-19,24H,1-4,6-9,11-12,15H2. The maximum atomic E-state index is 12.6. The first-order valence-electron chi connectivity index (χ1n) is 11.0. The molecule has 0 unspecified atom stereocenters. The molecule has 1 saturated carbocycles. The van der Waals surface area contributed by atoms with Crippen molar-refractivity contribution in [2.45, 2.75) is 70.0 Å². The molecule has 0 spiro atoms. The van der Waals surface area contributed by atoms with E-state index in [1.54, 1.807) is 4.68 Å². The summed E-state index contributed by atoms with van der Waals surface area (Å²) in [5.41, 5.74) is 3.62. The van der Waals surface area contributed by atoms with E-state index >= 15 is 0 Å². The zero-order valence-electron chi connectivity index (χ0n) is 16.9. The predicted molar refractivity (Wildman–Crippen MR) is 111 cm³/mol. The molecule has 5 rings (SSSR count). The second-order valence-electron chi connectivity index (χ2n) is 8.47. The zero-order chi connectivity index (χ0) is 19.6. The van der Waals surface area contributed by atoms with E-state index in [4.69, 9.17) is 14.6 Å². The third kappa shape index (κ3) is 4.04. The topological polar surface area (TPSA) is 65.4 Å². The molecular weight excluding hydrogens is 366 g/mol. The van der Waals surface area contributed by atoms with Gasteiger partial charge in [0.25, 0.3) is 5.56 Å². The number of benzene rings is 1. The summed E-state index contributed by atoms with van der Waals surface area (Å²) in [6.45, 7) is 2.06. The lowest BCUT2D eigenvalue weighted by atomic mass is 9.90. The number of hydrogen-bond donors (Lipinski definition) is 1. The average molecular weight is 396 g/mol. The van der Waals surface area contributed by atoms with Gasteiger partial charge in [-0.1, -0.05) is 6.07 Å². The first-order valence-corrected chi connectivity index (χ1v) is 11.0. The van der Waals surface area contributed by atoms with Gasteiger partial charge in [0, 0.05) is 18.7 Å². The monoisotopic (exact) mass is 395 g/mol. The van der Waals surface area contributed by atoms with Crippen molar-refractivity contribution in [3.05, 3.63) is 51.4 Å². The molecule has 2 heterocycles. The molecule has 0 saturated heterocycles. The highest BCUT2D eigenvalue weighted by Gasteiger charge is 2.25. The van der Waals surface area contributed by atoms with Crippen LogP contribution in [0.3, 0.4) is 0 Å². The normalized spacial score (nSPS) is 23.4. The number of ether oxygens (including phenoxy) is 2. The fourth-order valence-corrected chi connectivity index (χ4v) is 4.82. The van der Waals surface area contributed by atoms with Gasteiger partial charge in [-0.15, -0.1) is 0 Å². The molecular formula is C23H29N3O3. The molecule has 1 aliphatic heterocycles. The molecule has 3 aliphatic rings. The number of rotatable bonds is 4. The Hall–Kier alpha value is -2.34. The quantitative estimate of drug-likeness (QED) is 0.861. The molecule has 1 fully saturated rings. The zero-order valence-corrected chi connectivity index (χ0v) is 16.9. The number of nitrogens with zero attached hydrogens (tertiary/aromatic N) is 2. The highest BCUT2D eigenvalue weighted by Crippen LogP contribution is 2.31. The lowest BCUT2D eigenvalue weighted by molar-refractivity contribution is 0.171. The largest absolute Gasteiger partial charge is 0.486 e. The van der Waals surface area contributed by atoms with Crippen molar-refractivity contribution in [3.8, 4) is 11.5 Å². The Morgan fingerprint density at radius 3 is 2.66 bits per heavy atom. The van der Waals surface area contributed by atoms with Crippen molar-refractivity contribution in [2.75, 3.05) is 13.2 Å². The molecule has 2 aromatic rings. The van der Waals surface area contributed by atoms with Gasteiger partial charge in [-0.3, -0.25) is 4.79 Å². The summed E-state index contributed by atoms with van der Waals surface area (Å²) in [4.78, 5) is 12.6. The van der Waals surface area contributed by atoms with Crippen LogP contribution in [0.15, 0.2) is 29.1 Å². The first kappa shape index (κ1) is 18.7. The van der Waals surface area contributed by atoms with Crippen molar-refractivity contribution >= 4 is 0 Å². The van der Waals surface area contributed by atoms with Gasteiger partial charge >= 0.3 is 0 Å². The summed E-state index contributed by atoms with van der Waals surface area (Å²) in [5, 5.41) is 8.43. The Labute approximate surface area is 171 Å². The third-order valence-electron chi connectivity index (χ3n) is 6.48. The van der Waals surface area contributed by atoms with Crippen LogP contribution in [0, 0.1) is 0 Å². The van der Waals surface area contributed by atoms with E-state index in [0.29, 0.717) is 19.3 Å². The van der Waals surface area contributed by atoms with Crippen molar-refractivity contribution in [3.63, 3.8) is 0 Å². The van der Waals surface area contributed by atoms with Crippen LogP contribution in [-0.2, 0) is 19.4 Å². The van der Waals surface area contributed by atoms with Crippen LogP contribution in [0.2, 0.25) is 0 Å². The van der Waals surface area contributed by atoms with Crippen molar-refractivity contribution in [2.24, 2.45) is 0 Å². The summed E-state index contributed by atoms with van der Waals surface area (Å²) >= 11 is 0. The molecule has 0 amide bonds. The summed E-state index contributed by atoms with van der Waals surface area (Å²) < 4.78 is 13.0. The molecule has 1 N–H and O–H groups in total. The minimum atomic E-state index is 0.0818. The van der Waals surface area contributed by atoms with Crippen LogP contribution in [0.25, 0.3) is 0 Å². The van der Waals surface area contributed by atoms with Gasteiger partial charge in [0.15, 0.2) is 11.5 Å². The average Bonchev–Trinajstić information content (AvgIpc) is 2.77. The fraction of sp³-hybridized carbons (Fsp3) is 0.565. The van der Waals surface area contributed by atoms with Gasteiger partial charge in [0.1, 0.15) is 13.2 Å². The number of nitrogens with one attached hydrogen (secondary N) is 1. The minimum absolute atomic E-state index is 0.0818. The van der Waals surface area contributed by atoms with Crippen LogP contribution in [-0.4, -0.2) is 29.0 Å². The van der Waals surface area contributed by atoms with Gasteiger partial charge in [0.05, 0.1) is 11.7 Å². The first-order chi connectivity index (χ1) is 14.3. The van der Waals surface area contributed by atoms with Gasteiger partial charge in [-0.25, -0.2) is 4.68 Å². The lowest BCUT2D eigenvalue weighted by Crippen LogP contribution is -2.37.